The molecule has 0 fully saturated rings. The Morgan fingerprint density at radius 2 is 1.74 bits per heavy atom. The minimum atomic E-state index is -0.265. The third-order valence-corrected chi connectivity index (χ3v) is 4.45. The van der Waals surface area contributed by atoms with Crippen molar-refractivity contribution in [1.82, 2.24) is 5.32 Å². The molecule has 2 aromatic rings. The number of nitrogens with two attached hydrogens (primary N) is 1. The van der Waals surface area contributed by atoms with E-state index in [-0.39, 0.29) is 30.3 Å². The lowest BCUT2D eigenvalue weighted by Crippen LogP contribution is -2.42. The Morgan fingerprint density at radius 3 is 2.43 bits per heavy atom. The van der Waals surface area contributed by atoms with E-state index in [1.165, 1.54) is 11.1 Å². The molecule has 0 aromatic heterocycles. The summed E-state index contributed by atoms with van der Waals surface area (Å²) < 4.78 is 0. The highest BCUT2D eigenvalue weighted by Crippen LogP contribution is 2.22. The first-order chi connectivity index (χ1) is 10.8. The standard InChI is InChI=1S/C19H22N2O.ClH/c20-13-18(15-7-2-1-3-8-15)19(22)21-17-11-10-14-6-4-5-9-16(14)12-17;/h1-9,17-18H,10-13,20H2,(H,21,22);1H. The minimum absolute atomic E-state index is 0. The molecule has 122 valence electrons. The zero-order chi connectivity index (χ0) is 15.4. The molecule has 0 spiro atoms. The molecule has 0 aliphatic heterocycles. The Morgan fingerprint density at radius 1 is 1.09 bits per heavy atom. The SMILES string of the molecule is Cl.NCC(C(=O)NC1CCc2ccccc2C1)c1ccccc1. The van der Waals surface area contributed by atoms with Crippen LogP contribution in [0.15, 0.2) is 54.6 Å². The lowest BCUT2D eigenvalue weighted by Gasteiger charge is -2.27. The number of nitrogens with one attached hydrogen (secondary N) is 1. The van der Waals surface area contributed by atoms with Crippen LogP contribution in [0.1, 0.15) is 29.0 Å². The van der Waals surface area contributed by atoms with Crippen LogP contribution in [-0.2, 0) is 17.6 Å². The van der Waals surface area contributed by atoms with Crippen molar-refractivity contribution in [2.75, 3.05) is 6.54 Å². The molecule has 0 saturated carbocycles. The molecule has 0 saturated heterocycles. The molecule has 3 N–H and O–H groups in total. The van der Waals surface area contributed by atoms with Gasteiger partial charge in [0.1, 0.15) is 0 Å². The van der Waals surface area contributed by atoms with Crippen molar-refractivity contribution in [2.24, 2.45) is 5.73 Å². The number of amides is 1. The van der Waals surface area contributed by atoms with E-state index in [1.807, 2.05) is 30.3 Å². The topological polar surface area (TPSA) is 55.1 Å². The summed E-state index contributed by atoms with van der Waals surface area (Å²) in [5.74, 6) is -0.226. The van der Waals surface area contributed by atoms with E-state index in [0.717, 1.165) is 24.8 Å². The monoisotopic (exact) mass is 330 g/mol. The Kier molecular flexibility index (Phi) is 6.20. The number of carbonyl (C=O) groups is 1. The lowest BCUT2D eigenvalue weighted by atomic mass is 9.88. The van der Waals surface area contributed by atoms with Crippen LogP contribution in [0.4, 0.5) is 0 Å². The average Bonchev–Trinajstić information content (AvgIpc) is 2.56. The zero-order valence-electron chi connectivity index (χ0n) is 13.1. The van der Waals surface area contributed by atoms with Gasteiger partial charge in [-0.05, 0) is 36.0 Å². The Labute approximate surface area is 143 Å². The molecule has 0 bridgehead atoms. The van der Waals surface area contributed by atoms with E-state index >= 15 is 0 Å². The number of hydrogen-bond donors (Lipinski definition) is 2. The normalized spacial score (nSPS) is 17.5. The van der Waals surface area contributed by atoms with E-state index in [0.29, 0.717) is 6.54 Å². The van der Waals surface area contributed by atoms with Gasteiger partial charge in [-0.3, -0.25) is 4.79 Å². The molecule has 1 aliphatic carbocycles. The third kappa shape index (κ3) is 4.12. The van der Waals surface area contributed by atoms with Crippen molar-refractivity contribution in [2.45, 2.75) is 31.2 Å². The van der Waals surface area contributed by atoms with Gasteiger partial charge in [0.25, 0.3) is 0 Å². The van der Waals surface area contributed by atoms with Gasteiger partial charge in [0, 0.05) is 12.6 Å². The summed E-state index contributed by atoms with van der Waals surface area (Å²) in [5.41, 5.74) is 9.57. The molecule has 3 rings (SSSR count). The fraction of sp³-hybridized carbons (Fsp3) is 0.316. The molecule has 4 heteroatoms. The predicted octanol–water partition coefficient (Wildman–Crippen LogP) is 2.82. The predicted molar refractivity (Wildman–Crippen MR) is 95.9 cm³/mol. The number of halogens is 1. The van der Waals surface area contributed by atoms with Gasteiger partial charge in [0.05, 0.1) is 5.92 Å². The second kappa shape index (κ2) is 8.14. The maximum Gasteiger partial charge on any atom is 0.229 e. The summed E-state index contributed by atoms with van der Waals surface area (Å²) in [6, 6.07) is 18.5. The van der Waals surface area contributed by atoms with Gasteiger partial charge in [-0.1, -0.05) is 54.6 Å². The Bertz CT molecular complexity index is 645. The summed E-state index contributed by atoms with van der Waals surface area (Å²) in [7, 11) is 0. The van der Waals surface area contributed by atoms with Crippen molar-refractivity contribution in [3.63, 3.8) is 0 Å². The van der Waals surface area contributed by atoms with Crippen molar-refractivity contribution in [1.29, 1.82) is 0 Å². The van der Waals surface area contributed by atoms with Gasteiger partial charge in [0.15, 0.2) is 0 Å². The first kappa shape index (κ1) is 17.5. The van der Waals surface area contributed by atoms with Crippen LogP contribution in [0.25, 0.3) is 0 Å². The second-order valence-corrected chi connectivity index (χ2v) is 5.92. The van der Waals surface area contributed by atoms with Crippen LogP contribution in [0.2, 0.25) is 0 Å². The number of hydrogen-bond acceptors (Lipinski definition) is 2. The molecular weight excluding hydrogens is 308 g/mol. The van der Waals surface area contributed by atoms with Crippen LogP contribution < -0.4 is 11.1 Å². The molecule has 3 nitrogen and oxygen atoms in total. The van der Waals surface area contributed by atoms with Gasteiger partial charge < -0.3 is 11.1 Å². The highest BCUT2D eigenvalue weighted by atomic mass is 35.5. The molecule has 2 atom stereocenters. The summed E-state index contributed by atoms with van der Waals surface area (Å²) in [6.45, 7) is 0.332. The van der Waals surface area contributed by atoms with Gasteiger partial charge in [-0.2, -0.15) is 0 Å². The van der Waals surface area contributed by atoms with Crippen LogP contribution >= 0.6 is 12.4 Å². The van der Waals surface area contributed by atoms with Crippen molar-refractivity contribution < 1.29 is 4.79 Å². The fourth-order valence-electron chi connectivity index (χ4n) is 3.20. The minimum Gasteiger partial charge on any atom is -0.352 e. The van der Waals surface area contributed by atoms with E-state index in [2.05, 4.69) is 29.6 Å². The highest BCUT2D eigenvalue weighted by molar-refractivity contribution is 5.85. The second-order valence-electron chi connectivity index (χ2n) is 5.92. The number of aryl methyl sites for hydroxylation is 1. The molecule has 2 unspecified atom stereocenters. The summed E-state index contributed by atoms with van der Waals surface area (Å²) in [5, 5.41) is 3.19. The van der Waals surface area contributed by atoms with Crippen LogP contribution in [0.5, 0.6) is 0 Å². The van der Waals surface area contributed by atoms with E-state index in [9.17, 15) is 4.79 Å². The molecule has 0 heterocycles. The Hall–Kier alpha value is -1.84. The van der Waals surface area contributed by atoms with Gasteiger partial charge >= 0.3 is 0 Å². The zero-order valence-corrected chi connectivity index (χ0v) is 13.9. The average molecular weight is 331 g/mol. The number of carbonyl (C=O) groups excluding carboxylic acids is 1. The van der Waals surface area contributed by atoms with Crippen LogP contribution in [-0.4, -0.2) is 18.5 Å². The number of fused-ring (bicyclic) bond motifs is 1. The maximum absolute atomic E-state index is 12.6. The quantitative estimate of drug-likeness (QED) is 0.905. The summed E-state index contributed by atoms with van der Waals surface area (Å²) in [4.78, 5) is 12.6. The van der Waals surface area contributed by atoms with Crippen molar-refractivity contribution in [3.8, 4) is 0 Å². The highest BCUT2D eigenvalue weighted by Gasteiger charge is 2.24. The molecule has 1 amide bonds. The molecule has 2 aromatic carbocycles. The first-order valence-corrected chi connectivity index (χ1v) is 7.90. The summed E-state index contributed by atoms with van der Waals surface area (Å²) >= 11 is 0. The molecule has 1 aliphatic rings. The summed E-state index contributed by atoms with van der Waals surface area (Å²) in [6.07, 6.45) is 2.93. The molecular formula is C19H23ClN2O. The van der Waals surface area contributed by atoms with Crippen LogP contribution in [0, 0.1) is 0 Å². The van der Waals surface area contributed by atoms with Gasteiger partial charge in [0.2, 0.25) is 5.91 Å². The van der Waals surface area contributed by atoms with Crippen molar-refractivity contribution in [3.05, 3.63) is 71.3 Å². The van der Waals surface area contributed by atoms with Crippen molar-refractivity contribution >= 4 is 18.3 Å². The van der Waals surface area contributed by atoms with Gasteiger partial charge in [-0.25, -0.2) is 0 Å². The first-order valence-electron chi connectivity index (χ1n) is 7.90. The smallest absolute Gasteiger partial charge is 0.229 e. The third-order valence-electron chi connectivity index (χ3n) is 4.45. The fourth-order valence-corrected chi connectivity index (χ4v) is 3.20. The van der Waals surface area contributed by atoms with E-state index < -0.39 is 0 Å². The largest absolute Gasteiger partial charge is 0.352 e. The molecule has 0 radical (unpaired) electrons. The number of rotatable bonds is 4. The van der Waals surface area contributed by atoms with E-state index in [1.54, 1.807) is 0 Å². The Balaban J connectivity index is 0.00000192. The number of benzene rings is 2. The van der Waals surface area contributed by atoms with Gasteiger partial charge in [-0.15, -0.1) is 12.4 Å². The molecule has 23 heavy (non-hydrogen) atoms. The maximum atomic E-state index is 12.6. The van der Waals surface area contributed by atoms with Crippen LogP contribution in [0.3, 0.4) is 0 Å². The van der Waals surface area contributed by atoms with E-state index in [4.69, 9.17) is 5.73 Å². The lowest BCUT2D eigenvalue weighted by molar-refractivity contribution is -0.123.